The zero-order valence-electron chi connectivity index (χ0n) is 12.7. The molecule has 1 heterocycles. The summed E-state index contributed by atoms with van der Waals surface area (Å²) in [5, 5.41) is 1.73. The molecule has 23 heavy (non-hydrogen) atoms. The number of carbonyl (C=O) groups is 1. The summed E-state index contributed by atoms with van der Waals surface area (Å²) in [6, 6.07) is 19.2. The molecule has 1 aromatic heterocycles. The van der Waals surface area contributed by atoms with Gasteiger partial charge in [0.2, 0.25) is 0 Å². The molecule has 0 aliphatic rings. The first-order valence-corrected chi connectivity index (χ1v) is 7.24. The van der Waals surface area contributed by atoms with Gasteiger partial charge in [-0.25, -0.2) is 4.98 Å². The van der Waals surface area contributed by atoms with Crippen LogP contribution < -0.4 is 10.4 Å². The number of nitrogens with zero attached hydrogens (tertiary/aromatic N) is 3. The van der Waals surface area contributed by atoms with Crippen molar-refractivity contribution in [1.82, 2.24) is 15.4 Å². The lowest BCUT2D eigenvalue weighted by atomic mass is 10.2. The predicted molar refractivity (Wildman–Crippen MR) is 89.3 cm³/mol. The van der Waals surface area contributed by atoms with E-state index in [1.54, 1.807) is 11.2 Å². The van der Waals surface area contributed by atoms with Gasteiger partial charge in [0, 0.05) is 6.20 Å². The molecule has 5 nitrogen and oxygen atoms in total. The molecule has 2 aromatic carbocycles. The summed E-state index contributed by atoms with van der Waals surface area (Å²) in [5.41, 5.74) is 5.62. The molecule has 0 aliphatic carbocycles. The fourth-order valence-corrected chi connectivity index (χ4v) is 2.10. The Kier molecular flexibility index (Phi) is 4.29. The topological polar surface area (TPSA) is 58.1 Å². The number of carbonyl (C=O) groups excluding carboxylic acids is 1. The van der Waals surface area contributed by atoms with E-state index in [1.807, 2.05) is 67.6 Å². The number of amides is 1. The van der Waals surface area contributed by atoms with Crippen molar-refractivity contribution >= 4 is 17.3 Å². The third-order valence-electron chi connectivity index (χ3n) is 3.26. The molecular formula is C18H16N4O. The number of aromatic nitrogens is 2. The summed E-state index contributed by atoms with van der Waals surface area (Å²) in [4.78, 5) is 20.7. The van der Waals surface area contributed by atoms with Crippen molar-refractivity contribution in [3.05, 3.63) is 84.4 Å². The van der Waals surface area contributed by atoms with Crippen LogP contribution in [0.4, 0.5) is 11.4 Å². The van der Waals surface area contributed by atoms with E-state index in [1.165, 1.54) is 6.20 Å². The molecule has 0 saturated heterocycles. The van der Waals surface area contributed by atoms with Gasteiger partial charge in [0.05, 0.1) is 23.3 Å². The summed E-state index contributed by atoms with van der Waals surface area (Å²) in [6.07, 6.45) is 3.04. The molecule has 0 spiro atoms. The molecule has 0 saturated carbocycles. The Morgan fingerprint density at radius 1 is 0.870 bits per heavy atom. The third-order valence-corrected chi connectivity index (χ3v) is 3.26. The van der Waals surface area contributed by atoms with Crippen molar-refractivity contribution in [3.63, 3.8) is 0 Å². The molecule has 114 valence electrons. The minimum atomic E-state index is -0.315. The van der Waals surface area contributed by atoms with E-state index < -0.39 is 0 Å². The second-order valence-electron chi connectivity index (χ2n) is 4.99. The lowest BCUT2D eigenvalue weighted by Crippen LogP contribution is -2.39. The van der Waals surface area contributed by atoms with Crippen LogP contribution in [0.5, 0.6) is 0 Å². The van der Waals surface area contributed by atoms with E-state index in [0.717, 1.165) is 17.1 Å². The summed E-state index contributed by atoms with van der Waals surface area (Å²) in [7, 11) is 0. The fourth-order valence-electron chi connectivity index (χ4n) is 2.10. The van der Waals surface area contributed by atoms with Gasteiger partial charge in [-0.15, -0.1) is 0 Å². The molecule has 0 bridgehead atoms. The zero-order valence-corrected chi connectivity index (χ0v) is 12.7. The smallest absolute Gasteiger partial charge is 0.266 e. The van der Waals surface area contributed by atoms with Gasteiger partial charge in [0.25, 0.3) is 5.91 Å². The highest BCUT2D eigenvalue weighted by molar-refractivity contribution is 5.94. The standard InChI is InChI=1S/C18H16N4O/c1-14-12-20-17(13-19-14)18(23)21-22(15-8-4-2-5-9-15)16-10-6-3-7-11-16/h2-13H,1H3,(H,21,23). The summed E-state index contributed by atoms with van der Waals surface area (Å²) in [6.45, 7) is 1.83. The average Bonchev–Trinajstić information content (AvgIpc) is 2.61. The predicted octanol–water partition coefficient (Wildman–Crippen LogP) is 3.27. The maximum atomic E-state index is 12.5. The Balaban J connectivity index is 1.90. The highest BCUT2D eigenvalue weighted by atomic mass is 16.2. The van der Waals surface area contributed by atoms with E-state index >= 15 is 0 Å². The number of hydrogen-bond donors (Lipinski definition) is 1. The summed E-state index contributed by atoms with van der Waals surface area (Å²) >= 11 is 0. The molecule has 0 radical (unpaired) electrons. The van der Waals surface area contributed by atoms with E-state index in [0.29, 0.717) is 0 Å². The molecule has 3 rings (SSSR count). The molecule has 5 heteroatoms. The van der Waals surface area contributed by atoms with Gasteiger partial charge in [-0.05, 0) is 31.2 Å². The molecule has 3 aromatic rings. The highest BCUT2D eigenvalue weighted by Gasteiger charge is 2.15. The number of para-hydroxylation sites is 2. The highest BCUT2D eigenvalue weighted by Crippen LogP contribution is 2.22. The molecule has 0 unspecified atom stereocenters. The van der Waals surface area contributed by atoms with Crippen molar-refractivity contribution in [3.8, 4) is 0 Å². The average molecular weight is 304 g/mol. The second kappa shape index (κ2) is 6.70. The third kappa shape index (κ3) is 3.52. The monoisotopic (exact) mass is 304 g/mol. The number of hydrogen-bond acceptors (Lipinski definition) is 4. The Morgan fingerprint density at radius 3 is 1.91 bits per heavy atom. The Hall–Kier alpha value is -3.21. The minimum Gasteiger partial charge on any atom is -0.266 e. The number of benzene rings is 2. The van der Waals surface area contributed by atoms with Gasteiger partial charge < -0.3 is 0 Å². The summed E-state index contributed by atoms with van der Waals surface area (Å²) in [5.74, 6) is -0.315. The first kappa shape index (κ1) is 14.7. The number of hydrazine groups is 1. The molecule has 0 fully saturated rings. The van der Waals surface area contributed by atoms with Gasteiger partial charge in [0.15, 0.2) is 0 Å². The quantitative estimate of drug-likeness (QED) is 0.752. The van der Waals surface area contributed by atoms with Gasteiger partial charge in [-0.2, -0.15) is 0 Å². The second-order valence-corrected chi connectivity index (χ2v) is 4.99. The van der Waals surface area contributed by atoms with Gasteiger partial charge in [-0.3, -0.25) is 20.2 Å². The summed E-state index contributed by atoms with van der Waals surface area (Å²) < 4.78 is 0. The normalized spacial score (nSPS) is 10.1. The SMILES string of the molecule is Cc1cnc(C(=O)NN(c2ccccc2)c2ccccc2)cn1. The van der Waals surface area contributed by atoms with Crippen LogP contribution in [0, 0.1) is 6.92 Å². The maximum Gasteiger partial charge on any atom is 0.290 e. The minimum absolute atomic E-state index is 0.271. The van der Waals surface area contributed by atoms with Crippen LogP contribution in [0.25, 0.3) is 0 Å². The zero-order chi connectivity index (χ0) is 16.1. The van der Waals surface area contributed by atoms with Crippen molar-refractivity contribution in [2.24, 2.45) is 0 Å². The first-order chi connectivity index (χ1) is 11.2. The number of nitrogens with one attached hydrogen (secondary N) is 1. The molecule has 1 amide bonds. The molecule has 0 aliphatic heterocycles. The van der Waals surface area contributed by atoms with Crippen LogP contribution in [0.2, 0.25) is 0 Å². The van der Waals surface area contributed by atoms with Gasteiger partial charge in [-0.1, -0.05) is 36.4 Å². The lowest BCUT2D eigenvalue weighted by molar-refractivity contribution is 0.0948. The van der Waals surface area contributed by atoms with Crippen LogP contribution in [0.15, 0.2) is 73.1 Å². The maximum absolute atomic E-state index is 12.5. The lowest BCUT2D eigenvalue weighted by Gasteiger charge is -2.25. The molecular weight excluding hydrogens is 288 g/mol. The molecule has 0 atom stereocenters. The van der Waals surface area contributed by atoms with E-state index in [-0.39, 0.29) is 11.6 Å². The Bertz CT molecular complexity index is 734. The van der Waals surface area contributed by atoms with E-state index in [4.69, 9.17) is 0 Å². The first-order valence-electron chi connectivity index (χ1n) is 7.24. The van der Waals surface area contributed by atoms with Crippen LogP contribution in [-0.2, 0) is 0 Å². The Morgan fingerprint density at radius 2 is 1.43 bits per heavy atom. The molecule has 1 N–H and O–H groups in total. The number of rotatable bonds is 4. The van der Waals surface area contributed by atoms with Crippen LogP contribution >= 0.6 is 0 Å². The van der Waals surface area contributed by atoms with E-state index in [9.17, 15) is 4.79 Å². The number of anilines is 2. The van der Waals surface area contributed by atoms with Crippen molar-refractivity contribution in [2.45, 2.75) is 6.92 Å². The van der Waals surface area contributed by atoms with Crippen molar-refractivity contribution in [2.75, 3.05) is 5.01 Å². The van der Waals surface area contributed by atoms with E-state index in [2.05, 4.69) is 15.4 Å². The fraction of sp³-hybridized carbons (Fsp3) is 0.0556. The Labute approximate surface area is 134 Å². The van der Waals surface area contributed by atoms with Crippen molar-refractivity contribution in [1.29, 1.82) is 0 Å². The largest absolute Gasteiger partial charge is 0.290 e. The van der Waals surface area contributed by atoms with Gasteiger partial charge >= 0.3 is 0 Å². The van der Waals surface area contributed by atoms with Crippen LogP contribution in [-0.4, -0.2) is 15.9 Å². The van der Waals surface area contributed by atoms with Gasteiger partial charge in [0.1, 0.15) is 5.69 Å². The van der Waals surface area contributed by atoms with Crippen LogP contribution in [0.1, 0.15) is 16.2 Å². The van der Waals surface area contributed by atoms with Crippen LogP contribution in [0.3, 0.4) is 0 Å². The number of aryl methyl sites for hydroxylation is 1. The van der Waals surface area contributed by atoms with Crippen molar-refractivity contribution < 1.29 is 4.79 Å².